The summed E-state index contributed by atoms with van der Waals surface area (Å²) in [6, 6.07) is 0. The van der Waals surface area contributed by atoms with Crippen LogP contribution in [0.4, 0.5) is 0 Å². The summed E-state index contributed by atoms with van der Waals surface area (Å²) in [5.74, 6) is -0.664. The van der Waals surface area contributed by atoms with Crippen LogP contribution in [-0.2, 0) is 14.3 Å². The summed E-state index contributed by atoms with van der Waals surface area (Å²) >= 11 is 0. The van der Waals surface area contributed by atoms with Crippen LogP contribution in [0.1, 0.15) is 19.8 Å². The van der Waals surface area contributed by atoms with E-state index in [4.69, 9.17) is 5.53 Å². The second-order valence-corrected chi connectivity index (χ2v) is 2.23. The minimum absolute atomic E-state index is 0.0492. The van der Waals surface area contributed by atoms with Crippen molar-refractivity contribution in [2.75, 3.05) is 13.2 Å². The third-order valence-electron chi connectivity index (χ3n) is 1.22. The molecule has 0 aliphatic rings. The molecule has 72 valence electrons. The van der Waals surface area contributed by atoms with Gasteiger partial charge in [-0.25, -0.2) is 0 Å². The fourth-order valence-electron chi connectivity index (χ4n) is 0.664. The number of hydrogen-bond acceptors (Lipinski definition) is 4. The van der Waals surface area contributed by atoms with E-state index in [-0.39, 0.29) is 25.2 Å². The predicted molar refractivity (Wildman–Crippen MR) is 44.9 cm³/mol. The van der Waals surface area contributed by atoms with Gasteiger partial charge in [-0.05, 0) is 12.5 Å². The molecule has 0 N–H and O–H groups in total. The third kappa shape index (κ3) is 6.83. The highest BCUT2D eigenvalue weighted by atomic mass is 16.5. The SMILES string of the molecule is CCOC(=O)CCC(=O)CN=[N+]=[N-]. The summed E-state index contributed by atoms with van der Waals surface area (Å²) in [5, 5.41) is 3.07. The Morgan fingerprint density at radius 1 is 1.46 bits per heavy atom. The number of ketones is 1. The molecule has 0 radical (unpaired) electrons. The first kappa shape index (κ1) is 11.4. The molecule has 0 unspecified atom stereocenters. The van der Waals surface area contributed by atoms with Gasteiger partial charge in [0, 0.05) is 11.3 Å². The normalized spacial score (nSPS) is 8.69. The zero-order valence-electron chi connectivity index (χ0n) is 7.39. The van der Waals surface area contributed by atoms with Crippen molar-refractivity contribution in [1.29, 1.82) is 0 Å². The summed E-state index contributed by atoms with van der Waals surface area (Å²) in [4.78, 5) is 24.0. The van der Waals surface area contributed by atoms with Crippen LogP contribution in [0, 0.1) is 0 Å². The van der Waals surface area contributed by atoms with Crippen molar-refractivity contribution in [1.82, 2.24) is 0 Å². The van der Waals surface area contributed by atoms with Crippen molar-refractivity contribution in [3.05, 3.63) is 10.4 Å². The Labute approximate surface area is 75.5 Å². The summed E-state index contributed by atoms with van der Waals surface area (Å²) < 4.78 is 4.60. The largest absolute Gasteiger partial charge is 0.466 e. The first-order valence-corrected chi connectivity index (χ1v) is 3.89. The molecule has 0 amide bonds. The second kappa shape index (κ2) is 7.12. The van der Waals surface area contributed by atoms with Gasteiger partial charge in [0.2, 0.25) is 0 Å². The number of azide groups is 1. The maximum absolute atomic E-state index is 10.8. The second-order valence-electron chi connectivity index (χ2n) is 2.23. The summed E-state index contributed by atoms with van der Waals surface area (Å²) in [7, 11) is 0. The van der Waals surface area contributed by atoms with E-state index in [1.165, 1.54) is 0 Å². The van der Waals surface area contributed by atoms with Crippen LogP contribution in [0.15, 0.2) is 5.11 Å². The highest BCUT2D eigenvalue weighted by Gasteiger charge is 2.05. The lowest BCUT2D eigenvalue weighted by Gasteiger charge is -1.99. The molecule has 0 aliphatic heterocycles. The van der Waals surface area contributed by atoms with Gasteiger partial charge in [0.05, 0.1) is 19.6 Å². The minimum Gasteiger partial charge on any atom is -0.466 e. The topological polar surface area (TPSA) is 92.1 Å². The van der Waals surface area contributed by atoms with Crippen molar-refractivity contribution >= 4 is 11.8 Å². The molecule has 6 heteroatoms. The van der Waals surface area contributed by atoms with Gasteiger partial charge in [-0.3, -0.25) is 9.59 Å². The molecular weight excluding hydrogens is 174 g/mol. The van der Waals surface area contributed by atoms with Gasteiger partial charge in [0.15, 0.2) is 0 Å². The molecule has 0 saturated heterocycles. The number of carbonyl (C=O) groups is 2. The van der Waals surface area contributed by atoms with Crippen molar-refractivity contribution in [3.63, 3.8) is 0 Å². The van der Waals surface area contributed by atoms with E-state index >= 15 is 0 Å². The molecule has 0 spiro atoms. The molecule has 0 rings (SSSR count). The van der Waals surface area contributed by atoms with Crippen LogP contribution >= 0.6 is 0 Å². The maximum atomic E-state index is 10.8. The van der Waals surface area contributed by atoms with Gasteiger partial charge in [0.25, 0.3) is 0 Å². The number of Topliss-reactive ketones (excluding diaryl/α,β-unsaturated/α-hetero) is 1. The molecule has 6 nitrogen and oxygen atoms in total. The average molecular weight is 185 g/mol. The molecule has 0 aliphatic carbocycles. The number of hydrogen-bond donors (Lipinski definition) is 0. The molecule has 0 aromatic carbocycles. The Hall–Kier alpha value is -1.55. The Morgan fingerprint density at radius 3 is 2.69 bits per heavy atom. The standard InChI is InChI=1S/C7H11N3O3/c1-2-13-7(12)4-3-6(11)5-9-10-8/h2-5H2,1H3. The van der Waals surface area contributed by atoms with Crippen LogP contribution in [0.2, 0.25) is 0 Å². The summed E-state index contributed by atoms with van der Waals surface area (Å²) in [6.07, 6.45) is 0.117. The Bertz CT molecular complexity index is 233. The summed E-state index contributed by atoms with van der Waals surface area (Å²) in [5.41, 5.74) is 7.89. The quantitative estimate of drug-likeness (QED) is 0.269. The van der Waals surface area contributed by atoms with Crippen LogP contribution in [0.3, 0.4) is 0 Å². The van der Waals surface area contributed by atoms with Gasteiger partial charge < -0.3 is 4.74 Å². The zero-order valence-corrected chi connectivity index (χ0v) is 7.39. The molecule has 0 saturated carbocycles. The minimum atomic E-state index is -0.406. The lowest BCUT2D eigenvalue weighted by Crippen LogP contribution is -2.09. The number of nitrogens with zero attached hydrogens (tertiary/aromatic N) is 3. The number of carbonyl (C=O) groups excluding carboxylic acids is 2. The third-order valence-corrected chi connectivity index (χ3v) is 1.22. The molecule has 13 heavy (non-hydrogen) atoms. The van der Waals surface area contributed by atoms with E-state index in [0.29, 0.717) is 6.61 Å². The van der Waals surface area contributed by atoms with E-state index in [9.17, 15) is 9.59 Å². The van der Waals surface area contributed by atoms with E-state index in [0.717, 1.165) is 0 Å². The van der Waals surface area contributed by atoms with Crippen molar-refractivity contribution in [2.24, 2.45) is 5.11 Å². The predicted octanol–water partition coefficient (Wildman–Crippen LogP) is 1.21. The zero-order chi connectivity index (χ0) is 10.1. The molecule has 0 bridgehead atoms. The first-order chi connectivity index (χ1) is 6.20. The monoisotopic (exact) mass is 185 g/mol. The molecule has 0 aromatic heterocycles. The molecular formula is C7H11N3O3. The average Bonchev–Trinajstić information content (AvgIpc) is 2.12. The Balaban J connectivity index is 3.57. The highest BCUT2D eigenvalue weighted by molar-refractivity contribution is 5.84. The van der Waals surface area contributed by atoms with Crippen molar-refractivity contribution in [3.8, 4) is 0 Å². The van der Waals surface area contributed by atoms with E-state index in [1.54, 1.807) is 6.92 Å². The molecule has 0 heterocycles. The molecule has 0 atom stereocenters. The molecule has 0 aromatic rings. The van der Waals surface area contributed by atoms with Crippen LogP contribution in [-0.4, -0.2) is 24.9 Å². The Morgan fingerprint density at radius 2 is 2.15 bits per heavy atom. The number of rotatable bonds is 6. The van der Waals surface area contributed by atoms with Crippen LogP contribution in [0.5, 0.6) is 0 Å². The fraction of sp³-hybridized carbons (Fsp3) is 0.714. The smallest absolute Gasteiger partial charge is 0.306 e. The maximum Gasteiger partial charge on any atom is 0.306 e. The van der Waals surface area contributed by atoms with Gasteiger partial charge in [-0.15, -0.1) is 0 Å². The fourth-order valence-corrected chi connectivity index (χ4v) is 0.664. The highest BCUT2D eigenvalue weighted by Crippen LogP contribution is 1.94. The summed E-state index contributed by atoms with van der Waals surface area (Å²) in [6.45, 7) is 1.80. The van der Waals surface area contributed by atoms with Crippen LogP contribution in [0.25, 0.3) is 10.4 Å². The van der Waals surface area contributed by atoms with Gasteiger partial charge in [-0.2, -0.15) is 0 Å². The van der Waals surface area contributed by atoms with Gasteiger partial charge in [-0.1, -0.05) is 5.11 Å². The van der Waals surface area contributed by atoms with Crippen LogP contribution < -0.4 is 0 Å². The van der Waals surface area contributed by atoms with E-state index < -0.39 is 5.97 Å². The van der Waals surface area contributed by atoms with Crippen molar-refractivity contribution in [2.45, 2.75) is 19.8 Å². The van der Waals surface area contributed by atoms with Gasteiger partial charge >= 0.3 is 5.97 Å². The first-order valence-electron chi connectivity index (χ1n) is 3.89. The lowest BCUT2D eigenvalue weighted by molar-refractivity contribution is -0.144. The number of ether oxygens (including phenoxy) is 1. The molecule has 0 fully saturated rings. The van der Waals surface area contributed by atoms with E-state index in [1.807, 2.05) is 0 Å². The van der Waals surface area contributed by atoms with Crippen molar-refractivity contribution < 1.29 is 14.3 Å². The number of esters is 1. The lowest BCUT2D eigenvalue weighted by atomic mass is 10.2. The van der Waals surface area contributed by atoms with Gasteiger partial charge in [0.1, 0.15) is 5.78 Å². The Kier molecular flexibility index (Phi) is 6.27. The van der Waals surface area contributed by atoms with E-state index in [2.05, 4.69) is 14.8 Å².